The van der Waals surface area contributed by atoms with Crippen molar-refractivity contribution in [3.63, 3.8) is 0 Å². The van der Waals surface area contributed by atoms with E-state index in [1.54, 1.807) is 36.4 Å². The largest absolute Gasteiger partial charge is 0.539 e. The first-order valence-corrected chi connectivity index (χ1v) is 10.4. The maximum atomic E-state index is 13.3. The van der Waals surface area contributed by atoms with Crippen molar-refractivity contribution in [2.75, 3.05) is 0 Å². The van der Waals surface area contributed by atoms with Gasteiger partial charge in [-0.15, -0.1) is 0 Å². The first-order valence-electron chi connectivity index (χ1n) is 10.4. The van der Waals surface area contributed by atoms with E-state index in [2.05, 4.69) is 20.8 Å². The summed E-state index contributed by atoms with van der Waals surface area (Å²) >= 11 is 0. The Morgan fingerprint density at radius 2 is 1.42 bits per heavy atom. The molecule has 31 heavy (non-hydrogen) atoms. The average Bonchev–Trinajstić information content (AvgIpc) is 2.72. The van der Waals surface area contributed by atoms with Crippen molar-refractivity contribution < 1.29 is 24.5 Å². The van der Waals surface area contributed by atoms with E-state index < -0.39 is 7.12 Å². The predicted molar refractivity (Wildman–Crippen MR) is 126 cm³/mol. The summed E-state index contributed by atoms with van der Waals surface area (Å²) in [5, 5.41) is 27.4. The first kappa shape index (κ1) is 23.1. The van der Waals surface area contributed by atoms with Crippen molar-refractivity contribution in [1.82, 2.24) is 0 Å². The van der Waals surface area contributed by atoms with Gasteiger partial charge >= 0.3 is 14.8 Å². The molecule has 1 fully saturated rings. The lowest BCUT2D eigenvalue weighted by Crippen LogP contribution is -2.29. The van der Waals surface area contributed by atoms with Gasteiger partial charge in [0.25, 0.3) is 0 Å². The van der Waals surface area contributed by atoms with Crippen LogP contribution in [0.15, 0.2) is 59.7 Å². The molecule has 1 aliphatic carbocycles. The van der Waals surface area contributed by atoms with Gasteiger partial charge in [0.15, 0.2) is 5.78 Å². The van der Waals surface area contributed by atoms with Gasteiger partial charge in [0, 0.05) is 11.1 Å². The number of allylic oxidation sites excluding steroid dienone is 2. The van der Waals surface area contributed by atoms with E-state index in [4.69, 9.17) is 9.68 Å². The highest BCUT2D eigenvalue weighted by Crippen LogP contribution is 2.42. The molecular formula is C24H28B2O5. The summed E-state index contributed by atoms with van der Waals surface area (Å²) < 4.78 is 5.07. The molecule has 0 aliphatic heterocycles. The molecule has 0 radical (unpaired) electrons. The van der Waals surface area contributed by atoms with Crippen LogP contribution in [-0.4, -0.2) is 35.7 Å². The summed E-state index contributed by atoms with van der Waals surface area (Å²) in [5.74, 6) is 0.935. The number of rotatable bonds is 5. The van der Waals surface area contributed by atoms with Gasteiger partial charge in [-0.3, -0.25) is 4.79 Å². The average molecular weight is 418 g/mol. The molecule has 1 saturated carbocycles. The number of benzene rings is 2. The zero-order chi connectivity index (χ0) is 22.6. The maximum absolute atomic E-state index is 13.3. The van der Waals surface area contributed by atoms with Gasteiger partial charge in [-0.1, -0.05) is 57.2 Å². The molecule has 2 aromatic carbocycles. The van der Waals surface area contributed by atoms with Gasteiger partial charge in [0.05, 0.1) is 0 Å². The molecule has 0 spiro atoms. The van der Waals surface area contributed by atoms with E-state index in [9.17, 15) is 14.8 Å². The normalized spacial score (nSPS) is 19.5. The van der Waals surface area contributed by atoms with Crippen LogP contribution in [-0.2, 0) is 4.79 Å². The number of Topliss-reactive ketones (excluding diaryl/α,β-unsaturated/α-hetero) is 1. The van der Waals surface area contributed by atoms with Crippen LogP contribution in [0, 0.1) is 11.3 Å². The molecule has 5 nitrogen and oxygen atoms in total. The van der Waals surface area contributed by atoms with E-state index in [-0.39, 0.29) is 18.9 Å². The van der Waals surface area contributed by atoms with Crippen LogP contribution in [0.3, 0.4) is 0 Å². The molecule has 1 atom stereocenters. The number of hydrogen-bond donors (Lipinski definition) is 3. The van der Waals surface area contributed by atoms with Crippen LogP contribution in [0.4, 0.5) is 0 Å². The van der Waals surface area contributed by atoms with Crippen molar-refractivity contribution in [1.29, 1.82) is 0 Å². The third kappa shape index (κ3) is 5.97. The lowest BCUT2D eigenvalue weighted by Gasteiger charge is -2.35. The van der Waals surface area contributed by atoms with E-state index >= 15 is 0 Å². The van der Waals surface area contributed by atoms with E-state index in [0.717, 1.165) is 22.3 Å². The molecule has 1 aliphatic rings. The van der Waals surface area contributed by atoms with Crippen LogP contribution in [0.25, 0.3) is 12.2 Å². The summed E-state index contributed by atoms with van der Waals surface area (Å²) in [6.07, 6.45) is 5.25. The molecular weight excluding hydrogens is 390 g/mol. The Balaban J connectivity index is 1.93. The Labute approximate surface area is 184 Å². The molecule has 3 N–H and O–H groups in total. The summed E-state index contributed by atoms with van der Waals surface area (Å²) in [4.78, 5) is 13.3. The number of ketones is 1. The second-order valence-corrected chi connectivity index (χ2v) is 9.02. The Morgan fingerprint density at radius 1 is 0.935 bits per heavy atom. The second kappa shape index (κ2) is 9.69. The van der Waals surface area contributed by atoms with Crippen molar-refractivity contribution in [2.24, 2.45) is 11.3 Å². The van der Waals surface area contributed by atoms with Gasteiger partial charge in [-0.25, -0.2) is 0 Å². The zero-order valence-corrected chi connectivity index (χ0v) is 18.2. The monoisotopic (exact) mass is 418 g/mol. The fourth-order valence-corrected chi connectivity index (χ4v) is 3.76. The van der Waals surface area contributed by atoms with E-state index in [0.29, 0.717) is 30.0 Å². The van der Waals surface area contributed by atoms with Crippen molar-refractivity contribution in [3.8, 4) is 5.75 Å². The van der Waals surface area contributed by atoms with Crippen LogP contribution in [0.1, 0.15) is 44.7 Å². The second-order valence-electron chi connectivity index (χ2n) is 9.02. The van der Waals surface area contributed by atoms with E-state index in [1.807, 2.05) is 24.3 Å². The van der Waals surface area contributed by atoms with Gasteiger partial charge in [0.2, 0.25) is 0 Å². The molecule has 0 saturated heterocycles. The first-order chi connectivity index (χ1) is 14.7. The molecule has 0 amide bonds. The molecule has 3 rings (SSSR count). The Kier molecular flexibility index (Phi) is 7.21. The Bertz CT molecular complexity index is 971. The lowest BCUT2D eigenvalue weighted by atomic mass is 9.68. The summed E-state index contributed by atoms with van der Waals surface area (Å²) in [5.41, 5.74) is 3.75. The molecule has 0 aromatic heterocycles. The minimum Gasteiger partial charge on any atom is -0.539 e. The van der Waals surface area contributed by atoms with Crippen molar-refractivity contribution in [2.45, 2.75) is 33.6 Å². The SMILES string of the molecule is CC(C)(C)C1C/C(=C\c2ccc(OBO)cc2)C(=O)/C(=C/c2ccc(B(O)O)cc2)C1. The molecule has 0 heterocycles. The fourth-order valence-electron chi connectivity index (χ4n) is 3.76. The third-order valence-corrected chi connectivity index (χ3v) is 5.77. The highest BCUT2D eigenvalue weighted by atomic mass is 16.5. The summed E-state index contributed by atoms with van der Waals surface area (Å²) in [6.45, 7) is 6.59. The van der Waals surface area contributed by atoms with Crippen molar-refractivity contribution in [3.05, 3.63) is 70.8 Å². The van der Waals surface area contributed by atoms with Crippen LogP contribution >= 0.6 is 0 Å². The van der Waals surface area contributed by atoms with E-state index in [1.165, 1.54) is 0 Å². The predicted octanol–water partition coefficient (Wildman–Crippen LogP) is 2.50. The zero-order valence-electron chi connectivity index (χ0n) is 18.2. The lowest BCUT2D eigenvalue weighted by molar-refractivity contribution is -0.113. The molecule has 2 aromatic rings. The molecule has 1 unspecified atom stereocenters. The highest BCUT2D eigenvalue weighted by Gasteiger charge is 2.34. The molecule has 160 valence electrons. The fraction of sp³-hybridized carbons (Fsp3) is 0.292. The minimum atomic E-state index is -1.51. The summed E-state index contributed by atoms with van der Waals surface area (Å²) in [6, 6.07) is 14.2. The number of hydrogen-bond acceptors (Lipinski definition) is 5. The van der Waals surface area contributed by atoms with Crippen LogP contribution in [0.5, 0.6) is 5.75 Å². The number of carbonyl (C=O) groups excluding carboxylic acids is 1. The highest BCUT2D eigenvalue weighted by molar-refractivity contribution is 6.58. The Hall–Kier alpha value is -2.60. The Morgan fingerprint density at radius 3 is 1.84 bits per heavy atom. The van der Waals surface area contributed by atoms with Gasteiger partial charge in [-0.05, 0) is 65.0 Å². The maximum Gasteiger partial charge on any atom is 0.504 e. The molecule has 7 heteroatoms. The summed E-state index contributed by atoms with van der Waals surface area (Å²) in [7, 11) is -1.88. The molecule has 0 bridgehead atoms. The number of carbonyl (C=O) groups is 1. The van der Waals surface area contributed by atoms with Crippen molar-refractivity contribution >= 4 is 38.2 Å². The van der Waals surface area contributed by atoms with Crippen LogP contribution in [0.2, 0.25) is 0 Å². The minimum absolute atomic E-state index is 0.0439. The smallest absolute Gasteiger partial charge is 0.504 e. The van der Waals surface area contributed by atoms with Gasteiger partial charge in [0.1, 0.15) is 5.75 Å². The van der Waals surface area contributed by atoms with Crippen LogP contribution < -0.4 is 10.1 Å². The quantitative estimate of drug-likeness (QED) is 0.513. The standard InChI is InChI=1S/C24H28B2O5/c1-24(2,3)20-14-18(12-16-4-8-21(9-5-16)26(29)30)23(27)19(15-20)13-17-6-10-22(11-7-17)31-25-28/h4-13,20,25,28-30H,14-15H2,1-3H3/b18-12+,19-13+. The topological polar surface area (TPSA) is 87.0 Å². The van der Waals surface area contributed by atoms with Gasteiger partial charge < -0.3 is 19.7 Å². The van der Waals surface area contributed by atoms with Gasteiger partial charge in [-0.2, -0.15) is 0 Å². The third-order valence-electron chi connectivity index (χ3n) is 5.77.